The molecule has 0 spiro atoms. The van der Waals surface area contributed by atoms with E-state index in [1.807, 2.05) is 11.7 Å². The molecule has 0 aliphatic heterocycles. The van der Waals surface area contributed by atoms with E-state index < -0.39 is 5.97 Å². The van der Waals surface area contributed by atoms with Crippen LogP contribution in [0.5, 0.6) is 0 Å². The Bertz CT molecular complexity index is 350. The van der Waals surface area contributed by atoms with Gasteiger partial charge in [-0.15, -0.1) is 0 Å². The van der Waals surface area contributed by atoms with Crippen LogP contribution in [-0.2, 0) is 14.5 Å². The van der Waals surface area contributed by atoms with E-state index in [0.717, 1.165) is 0 Å². The Morgan fingerprint density at radius 3 is 2.56 bits per heavy atom. The maximum Gasteiger partial charge on any atom is 0.324 e. The van der Waals surface area contributed by atoms with Crippen LogP contribution in [0.1, 0.15) is 23.7 Å². The average molecular weight is 223 g/mol. The van der Waals surface area contributed by atoms with E-state index in [1.165, 1.54) is 6.92 Å². The second-order valence-electron chi connectivity index (χ2n) is 3.06. The van der Waals surface area contributed by atoms with Gasteiger partial charge in [-0.3, -0.25) is 14.4 Å². The monoisotopic (exact) mass is 223 g/mol. The second-order valence-corrected chi connectivity index (χ2v) is 3.06. The highest BCUT2D eigenvalue weighted by atomic mass is 16.9. The summed E-state index contributed by atoms with van der Waals surface area (Å²) in [5.74, 6) is -0.528. The van der Waals surface area contributed by atoms with Crippen molar-refractivity contribution in [3.8, 4) is 0 Å². The summed E-state index contributed by atoms with van der Waals surface area (Å²) in [5.41, 5.74) is 2.63. The molecule has 0 fully saturated rings. The summed E-state index contributed by atoms with van der Waals surface area (Å²) in [4.78, 5) is 30.9. The molecule has 1 aromatic rings. The summed E-state index contributed by atoms with van der Waals surface area (Å²) < 4.78 is 0. The highest BCUT2D eigenvalue weighted by Crippen LogP contribution is 2.02. The van der Waals surface area contributed by atoms with E-state index in [2.05, 4.69) is 4.84 Å². The normalized spacial score (nSPS) is 9.81. The Kier molecular flexibility index (Phi) is 5.18. The van der Waals surface area contributed by atoms with Crippen molar-refractivity contribution in [2.24, 2.45) is 0 Å². The molecule has 0 unspecified atom stereocenters. The number of carbonyl (C=O) groups is 2. The van der Waals surface area contributed by atoms with E-state index in [4.69, 9.17) is 4.84 Å². The molecule has 5 nitrogen and oxygen atoms in total. The van der Waals surface area contributed by atoms with Gasteiger partial charge in [0.2, 0.25) is 0 Å². The smallest absolute Gasteiger partial charge is 0.324 e. The van der Waals surface area contributed by atoms with E-state index in [0.29, 0.717) is 5.56 Å². The van der Waals surface area contributed by atoms with Crippen molar-refractivity contribution in [3.63, 3.8) is 0 Å². The van der Waals surface area contributed by atoms with Crippen molar-refractivity contribution >= 4 is 11.8 Å². The fourth-order valence-electron chi connectivity index (χ4n) is 1.04. The molecule has 1 N–H and O–H groups in total. The predicted octanol–water partition coefficient (Wildman–Crippen LogP) is 1.26. The van der Waals surface area contributed by atoms with Gasteiger partial charge in [0.1, 0.15) is 0 Å². The summed E-state index contributed by atoms with van der Waals surface area (Å²) in [7, 11) is 0. The molecule has 0 amide bonds. The highest BCUT2D eigenvalue weighted by molar-refractivity contribution is 5.96. The molecular formula is C11H13NO4. The van der Waals surface area contributed by atoms with Gasteiger partial charge in [-0.1, -0.05) is 30.3 Å². The maximum absolute atomic E-state index is 11.5. The van der Waals surface area contributed by atoms with E-state index >= 15 is 0 Å². The zero-order valence-electron chi connectivity index (χ0n) is 8.93. The molecule has 86 valence electrons. The van der Waals surface area contributed by atoms with Gasteiger partial charge in [-0.05, 0) is 5.64 Å². The zero-order chi connectivity index (χ0) is 11.8. The third-order valence-corrected chi connectivity index (χ3v) is 1.77. The van der Waals surface area contributed by atoms with Crippen LogP contribution in [0.3, 0.4) is 0 Å². The lowest BCUT2D eigenvalue weighted by Gasteiger charge is -2.03. The van der Waals surface area contributed by atoms with E-state index in [1.54, 1.807) is 24.3 Å². The lowest BCUT2D eigenvalue weighted by molar-refractivity contribution is -0.188. The molecule has 0 radical (unpaired) electrons. The van der Waals surface area contributed by atoms with E-state index in [-0.39, 0.29) is 18.8 Å². The number of benzene rings is 1. The van der Waals surface area contributed by atoms with Crippen LogP contribution in [0.15, 0.2) is 30.3 Å². The van der Waals surface area contributed by atoms with Crippen LogP contribution < -0.4 is 5.64 Å². The zero-order valence-corrected chi connectivity index (χ0v) is 8.93. The lowest BCUT2D eigenvalue weighted by Crippen LogP contribution is -2.20. The number of rotatable bonds is 6. The van der Waals surface area contributed by atoms with Crippen molar-refractivity contribution in [2.75, 3.05) is 6.61 Å². The molecule has 0 atom stereocenters. The van der Waals surface area contributed by atoms with Gasteiger partial charge >= 0.3 is 5.97 Å². The number of nitrogens with one attached hydrogen (secondary N) is 1. The highest BCUT2D eigenvalue weighted by Gasteiger charge is 2.04. The Balaban J connectivity index is 2.19. The van der Waals surface area contributed by atoms with Crippen molar-refractivity contribution in [3.05, 3.63) is 35.9 Å². The Morgan fingerprint density at radius 2 is 1.94 bits per heavy atom. The Morgan fingerprint density at radius 1 is 1.25 bits per heavy atom. The van der Waals surface area contributed by atoms with Gasteiger partial charge in [0.25, 0.3) is 0 Å². The molecule has 16 heavy (non-hydrogen) atoms. The van der Waals surface area contributed by atoms with Crippen molar-refractivity contribution in [1.82, 2.24) is 5.64 Å². The van der Waals surface area contributed by atoms with Crippen LogP contribution in [0.2, 0.25) is 0 Å². The van der Waals surface area contributed by atoms with E-state index in [9.17, 15) is 9.59 Å². The van der Waals surface area contributed by atoms with Crippen molar-refractivity contribution in [1.29, 1.82) is 0 Å². The molecule has 1 aromatic carbocycles. The first-order valence-corrected chi connectivity index (χ1v) is 4.82. The second kappa shape index (κ2) is 6.71. The first-order valence-electron chi connectivity index (χ1n) is 4.82. The summed E-state index contributed by atoms with van der Waals surface area (Å²) in [6, 6.07) is 8.91. The number of ketones is 1. The van der Waals surface area contributed by atoms with Crippen molar-refractivity contribution in [2.45, 2.75) is 13.3 Å². The molecule has 1 rings (SSSR count). The predicted molar refractivity (Wildman–Crippen MR) is 56.2 cm³/mol. The van der Waals surface area contributed by atoms with Crippen LogP contribution in [0.4, 0.5) is 0 Å². The van der Waals surface area contributed by atoms with Gasteiger partial charge in [-0.25, -0.2) is 0 Å². The molecular weight excluding hydrogens is 210 g/mol. The maximum atomic E-state index is 11.5. The minimum atomic E-state index is -0.505. The topological polar surface area (TPSA) is 64.6 Å². The van der Waals surface area contributed by atoms with Crippen LogP contribution >= 0.6 is 0 Å². The molecule has 0 bridgehead atoms. The van der Waals surface area contributed by atoms with Crippen molar-refractivity contribution < 1.29 is 19.3 Å². The minimum absolute atomic E-state index is 0.0229. The summed E-state index contributed by atoms with van der Waals surface area (Å²) >= 11 is 0. The Hall–Kier alpha value is -1.72. The first-order chi connectivity index (χ1) is 7.70. The molecule has 0 saturated carbocycles. The third kappa shape index (κ3) is 4.68. The fourth-order valence-corrected chi connectivity index (χ4v) is 1.04. The van der Waals surface area contributed by atoms with Gasteiger partial charge in [0.05, 0.1) is 6.61 Å². The standard InChI is InChI=1S/C11H13NO4/c1-9(13)16-12-15-8-7-11(14)10-5-3-2-4-6-10/h2-6,12H,7-8H2,1H3. The summed E-state index contributed by atoms with van der Waals surface area (Å²) in [5, 5.41) is 0. The summed E-state index contributed by atoms with van der Waals surface area (Å²) in [6.45, 7) is 1.38. The minimum Gasteiger partial charge on any atom is -0.346 e. The summed E-state index contributed by atoms with van der Waals surface area (Å²) in [6.07, 6.45) is 0.221. The number of carbonyl (C=O) groups excluding carboxylic acids is 2. The van der Waals surface area contributed by atoms with Crippen LogP contribution in [0.25, 0.3) is 0 Å². The molecule has 0 aliphatic rings. The fraction of sp³-hybridized carbons (Fsp3) is 0.273. The quantitative estimate of drug-likeness (QED) is 0.447. The lowest BCUT2D eigenvalue weighted by atomic mass is 10.1. The third-order valence-electron chi connectivity index (χ3n) is 1.77. The van der Waals surface area contributed by atoms with Crippen LogP contribution in [0, 0.1) is 0 Å². The van der Waals surface area contributed by atoms with Gasteiger partial charge in [0.15, 0.2) is 5.78 Å². The number of Topliss-reactive ketones (excluding diaryl/α,β-unsaturated/α-hetero) is 1. The average Bonchev–Trinajstić information content (AvgIpc) is 2.29. The first kappa shape index (κ1) is 12.4. The Labute approximate surface area is 93.3 Å². The van der Waals surface area contributed by atoms with Gasteiger partial charge in [-0.2, -0.15) is 0 Å². The largest absolute Gasteiger partial charge is 0.346 e. The molecule has 0 heterocycles. The number of hydrogen-bond acceptors (Lipinski definition) is 5. The number of hydrogen-bond donors (Lipinski definition) is 1. The SMILES string of the molecule is CC(=O)ONOCCC(=O)c1ccccc1. The molecule has 5 heteroatoms. The molecule has 0 aromatic heterocycles. The van der Waals surface area contributed by atoms with Gasteiger partial charge in [0, 0.05) is 18.9 Å². The molecule has 0 saturated heterocycles. The van der Waals surface area contributed by atoms with Crippen LogP contribution in [-0.4, -0.2) is 18.4 Å². The molecule has 0 aliphatic carbocycles. The van der Waals surface area contributed by atoms with Gasteiger partial charge < -0.3 is 4.84 Å².